The minimum Gasteiger partial charge on any atom is -0.380 e. The Morgan fingerprint density at radius 2 is 2.00 bits per heavy atom. The van der Waals surface area contributed by atoms with E-state index in [2.05, 4.69) is 17.0 Å². The molecule has 1 N–H and O–H groups in total. The summed E-state index contributed by atoms with van der Waals surface area (Å²) in [5, 5.41) is 11.6. The molecule has 0 amide bonds. The van der Waals surface area contributed by atoms with Gasteiger partial charge in [-0.2, -0.15) is 0 Å². The summed E-state index contributed by atoms with van der Waals surface area (Å²) in [6.45, 7) is 2.03. The molecule has 3 rings (SSSR count). The quantitative estimate of drug-likeness (QED) is 0.745. The molecule has 2 aromatic carbocycles. The number of rotatable bonds is 3. The van der Waals surface area contributed by atoms with Gasteiger partial charge in [-0.15, -0.1) is 6.42 Å². The van der Waals surface area contributed by atoms with E-state index in [1.165, 1.54) is 11.6 Å². The average Bonchev–Trinajstić information content (AvgIpc) is 2.56. The van der Waals surface area contributed by atoms with Gasteiger partial charge in [-0.1, -0.05) is 35.7 Å². The van der Waals surface area contributed by atoms with Crippen LogP contribution in [0.1, 0.15) is 11.1 Å². The molecule has 0 radical (unpaired) electrons. The van der Waals surface area contributed by atoms with Gasteiger partial charge in [0.05, 0.1) is 5.69 Å². The number of terminal acetylenes is 1. The van der Waals surface area contributed by atoms with Crippen molar-refractivity contribution in [2.45, 2.75) is 19.4 Å². The van der Waals surface area contributed by atoms with E-state index in [0.717, 1.165) is 10.8 Å². The van der Waals surface area contributed by atoms with Crippen molar-refractivity contribution in [2.75, 3.05) is 0 Å². The molecule has 0 saturated carbocycles. The zero-order valence-corrected chi connectivity index (χ0v) is 12.8. The number of aryl methyl sites for hydroxylation is 1. The number of aliphatic hydroxyl groups excluding tert-OH is 1. The first-order valence-electron chi connectivity index (χ1n) is 7.36. The maximum atomic E-state index is 14.2. The number of pyridine rings is 1. The lowest BCUT2D eigenvalue weighted by atomic mass is 10.0. The molecule has 0 aliphatic rings. The second-order valence-electron chi connectivity index (χ2n) is 5.61. The molecule has 1 unspecified atom stereocenters. The van der Waals surface area contributed by atoms with Crippen LogP contribution in [-0.4, -0.2) is 16.2 Å². The predicted molar refractivity (Wildman–Crippen MR) is 90.4 cm³/mol. The Labute approximate surface area is 134 Å². The molecule has 23 heavy (non-hydrogen) atoms. The monoisotopic (exact) mass is 305 g/mol. The van der Waals surface area contributed by atoms with Crippen molar-refractivity contribution in [1.29, 1.82) is 0 Å². The van der Waals surface area contributed by atoms with Gasteiger partial charge in [0.15, 0.2) is 0 Å². The SMILES string of the molecule is C#CC(O)Cc1ccc(-c2cc3ccc(C)cc3cn2)cc1F. The second-order valence-corrected chi connectivity index (χ2v) is 5.61. The highest BCUT2D eigenvalue weighted by molar-refractivity contribution is 5.85. The standard InChI is InChI=1S/C20H16FNO/c1-3-18(23)9-15-6-7-16(10-19(15)21)20-11-14-5-4-13(2)8-17(14)12-22-20/h1,4-8,10-12,18,23H,9H2,2H3. The van der Waals surface area contributed by atoms with E-state index in [9.17, 15) is 9.50 Å². The molecule has 3 aromatic rings. The van der Waals surface area contributed by atoms with Gasteiger partial charge in [0, 0.05) is 23.6 Å². The first-order chi connectivity index (χ1) is 11.1. The first-order valence-corrected chi connectivity index (χ1v) is 7.36. The van der Waals surface area contributed by atoms with Crippen LogP contribution in [0.4, 0.5) is 4.39 Å². The Morgan fingerprint density at radius 1 is 1.17 bits per heavy atom. The highest BCUT2D eigenvalue weighted by Gasteiger charge is 2.10. The van der Waals surface area contributed by atoms with Crippen LogP contribution in [-0.2, 0) is 6.42 Å². The number of hydrogen-bond donors (Lipinski definition) is 1. The van der Waals surface area contributed by atoms with E-state index in [1.807, 2.05) is 25.1 Å². The maximum Gasteiger partial charge on any atom is 0.127 e. The van der Waals surface area contributed by atoms with Gasteiger partial charge in [0.25, 0.3) is 0 Å². The van der Waals surface area contributed by atoms with Crippen molar-refractivity contribution in [3.63, 3.8) is 0 Å². The van der Waals surface area contributed by atoms with Crippen molar-refractivity contribution >= 4 is 10.8 Å². The molecule has 3 heteroatoms. The van der Waals surface area contributed by atoms with Crippen LogP contribution in [0.5, 0.6) is 0 Å². The third-order valence-electron chi connectivity index (χ3n) is 3.83. The van der Waals surface area contributed by atoms with Crippen LogP contribution in [0.15, 0.2) is 48.7 Å². The van der Waals surface area contributed by atoms with Crippen molar-refractivity contribution in [1.82, 2.24) is 4.98 Å². The van der Waals surface area contributed by atoms with Gasteiger partial charge >= 0.3 is 0 Å². The summed E-state index contributed by atoms with van der Waals surface area (Å²) in [6, 6.07) is 13.0. The minimum absolute atomic E-state index is 0.104. The molecule has 0 fully saturated rings. The summed E-state index contributed by atoms with van der Waals surface area (Å²) in [6.07, 6.45) is 6.05. The number of benzene rings is 2. The molecule has 0 aliphatic heterocycles. The molecule has 0 spiro atoms. The molecular weight excluding hydrogens is 289 g/mol. The molecule has 0 aliphatic carbocycles. The third kappa shape index (κ3) is 3.23. The zero-order chi connectivity index (χ0) is 16.4. The molecule has 0 bridgehead atoms. The lowest BCUT2D eigenvalue weighted by molar-refractivity contribution is 0.232. The van der Waals surface area contributed by atoms with Gasteiger partial charge < -0.3 is 5.11 Å². The highest BCUT2D eigenvalue weighted by Crippen LogP contribution is 2.24. The number of aliphatic hydroxyl groups is 1. The Kier molecular flexibility index (Phi) is 4.10. The van der Waals surface area contributed by atoms with E-state index < -0.39 is 6.10 Å². The molecule has 1 atom stereocenters. The fourth-order valence-electron chi connectivity index (χ4n) is 2.56. The summed E-state index contributed by atoms with van der Waals surface area (Å²) < 4.78 is 14.2. The van der Waals surface area contributed by atoms with E-state index in [0.29, 0.717) is 16.8 Å². The summed E-state index contributed by atoms with van der Waals surface area (Å²) in [5.41, 5.74) is 2.98. The normalized spacial score (nSPS) is 12.1. The van der Waals surface area contributed by atoms with E-state index in [-0.39, 0.29) is 12.2 Å². The minimum atomic E-state index is -0.975. The van der Waals surface area contributed by atoms with Crippen molar-refractivity contribution in [3.05, 3.63) is 65.6 Å². The fourth-order valence-corrected chi connectivity index (χ4v) is 2.56. The maximum absolute atomic E-state index is 14.2. The summed E-state index contributed by atoms with van der Waals surface area (Å²) in [5.74, 6) is 1.80. The Hall–Kier alpha value is -2.70. The summed E-state index contributed by atoms with van der Waals surface area (Å²) in [4.78, 5) is 4.42. The third-order valence-corrected chi connectivity index (χ3v) is 3.83. The fraction of sp³-hybridized carbons (Fsp3) is 0.150. The van der Waals surface area contributed by atoms with Crippen LogP contribution in [0.2, 0.25) is 0 Å². The van der Waals surface area contributed by atoms with Crippen LogP contribution in [0.25, 0.3) is 22.0 Å². The van der Waals surface area contributed by atoms with Gasteiger partial charge in [-0.05, 0) is 36.1 Å². The van der Waals surface area contributed by atoms with Gasteiger partial charge in [0.2, 0.25) is 0 Å². The van der Waals surface area contributed by atoms with Gasteiger partial charge in [0.1, 0.15) is 11.9 Å². The predicted octanol–water partition coefficient (Wildman–Crippen LogP) is 3.89. The van der Waals surface area contributed by atoms with Crippen molar-refractivity contribution in [3.8, 4) is 23.6 Å². The molecule has 2 nitrogen and oxygen atoms in total. The van der Waals surface area contributed by atoms with Crippen LogP contribution < -0.4 is 0 Å². The lowest BCUT2D eigenvalue weighted by Crippen LogP contribution is -2.08. The van der Waals surface area contributed by atoms with Crippen molar-refractivity contribution < 1.29 is 9.50 Å². The topological polar surface area (TPSA) is 33.1 Å². The number of halogens is 1. The van der Waals surface area contributed by atoms with Crippen LogP contribution in [0, 0.1) is 25.1 Å². The number of nitrogens with zero attached hydrogens (tertiary/aromatic N) is 1. The summed E-state index contributed by atoms with van der Waals surface area (Å²) >= 11 is 0. The zero-order valence-electron chi connectivity index (χ0n) is 12.8. The number of aromatic nitrogens is 1. The molecule has 1 aromatic heterocycles. The second kappa shape index (κ2) is 6.20. The van der Waals surface area contributed by atoms with E-state index in [1.54, 1.807) is 18.3 Å². The Balaban J connectivity index is 1.97. The largest absolute Gasteiger partial charge is 0.380 e. The lowest BCUT2D eigenvalue weighted by Gasteiger charge is -2.08. The summed E-state index contributed by atoms with van der Waals surface area (Å²) in [7, 11) is 0. The Bertz CT molecular complexity index is 911. The van der Waals surface area contributed by atoms with Crippen LogP contribution in [0.3, 0.4) is 0 Å². The number of hydrogen-bond acceptors (Lipinski definition) is 2. The van der Waals surface area contributed by atoms with E-state index in [4.69, 9.17) is 6.42 Å². The van der Waals surface area contributed by atoms with Crippen molar-refractivity contribution in [2.24, 2.45) is 0 Å². The molecule has 114 valence electrons. The Morgan fingerprint density at radius 3 is 2.74 bits per heavy atom. The number of fused-ring (bicyclic) bond motifs is 1. The average molecular weight is 305 g/mol. The molecule has 1 heterocycles. The molecular formula is C20H16FNO. The first kappa shape index (κ1) is 15.2. The van der Waals surface area contributed by atoms with Gasteiger partial charge in [-0.25, -0.2) is 4.39 Å². The smallest absolute Gasteiger partial charge is 0.127 e. The highest BCUT2D eigenvalue weighted by atomic mass is 19.1. The van der Waals surface area contributed by atoms with E-state index >= 15 is 0 Å². The van der Waals surface area contributed by atoms with Crippen LogP contribution >= 0.6 is 0 Å². The van der Waals surface area contributed by atoms with Gasteiger partial charge in [-0.3, -0.25) is 4.98 Å². The molecule has 0 saturated heterocycles.